The van der Waals surface area contributed by atoms with Crippen LogP contribution in [-0.4, -0.2) is 54.5 Å². The molecule has 4 heteroatoms. The van der Waals surface area contributed by atoms with E-state index >= 15 is 0 Å². The summed E-state index contributed by atoms with van der Waals surface area (Å²) in [5.41, 5.74) is 2.56. The number of benzene rings is 1. The van der Waals surface area contributed by atoms with E-state index in [1.165, 1.54) is 49.9 Å². The zero-order valence-corrected chi connectivity index (χ0v) is 15.2. The highest BCUT2D eigenvalue weighted by atomic mass is 16.5. The molecule has 3 heterocycles. The third-order valence-corrected chi connectivity index (χ3v) is 6.11. The summed E-state index contributed by atoms with van der Waals surface area (Å²) in [6.45, 7) is 4.98. The van der Waals surface area contributed by atoms with E-state index in [0.717, 1.165) is 32.5 Å². The Morgan fingerprint density at radius 3 is 2.80 bits per heavy atom. The fourth-order valence-electron chi connectivity index (χ4n) is 4.70. The molecule has 0 saturated carbocycles. The van der Waals surface area contributed by atoms with E-state index in [0.29, 0.717) is 12.5 Å². The highest BCUT2D eigenvalue weighted by Gasteiger charge is 2.31. The van der Waals surface area contributed by atoms with Crippen LogP contribution in [0.3, 0.4) is 0 Å². The van der Waals surface area contributed by atoms with Crippen molar-refractivity contribution < 1.29 is 9.53 Å². The van der Waals surface area contributed by atoms with Gasteiger partial charge in [0.2, 0.25) is 5.91 Å². The standard InChI is InChI=1S/C21H30N2O2/c24-21(15-20-19-9-3-2-7-17(19)10-14-25-20)23-13-6-8-18(16-23)22-11-4-1-5-12-22/h2-3,7,9,18,20H,1,4-6,8,10-16H2/t18-,20-/m0/s1. The zero-order chi connectivity index (χ0) is 17.1. The van der Waals surface area contributed by atoms with Crippen LogP contribution in [0.5, 0.6) is 0 Å². The Kier molecular flexibility index (Phi) is 5.37. The zero-order valence-electron chi connectivity index (χ0n) is 15.2. The van der Waals surface area contributed by atoms with Gasteiger partial charge < -0.3 is 9.64 Å². The lowest BCUT2D eigenvalue weighted by atomic mass is 9.95. The smallest absolute Gasteiger partial charge is 0.225 e. The van der Waals surface area contributed by atoms with E-state index in [9.17, 15) is 4.79 Å². The summed E-state index contributed by atoms with van der Waals surface area (Å²) in [5.74, 6) is 0.267. The second-order valence-corrected chi connectivity index (χ2v) is 7.74. The molecule has 0 radical (unpaired) electrons. The number of piperidine rings is 2. The quantitative estimate of drug-likeness (QED) is 0.846. The SMILES string of the molecule is O=C(C[C@@H]1OCCc2ccccc21)N1CCC[C@H](N2CCCCC2)C1. The highest BCUT2D eigenvalue weighted by molar-refractivity contribution is 5.77. The molecular formula is C21H30N2O2. The first kappa shape index (κ1) is 17.0. The summed E-state index contributed by atoms with van der Waals surface area (Å²) in [6, 6.07) is 8.99. The van der Waals surface area contributed by atoms with Crippen molar-refractivity contribution >= 4 is 5.91 Å². The van der Waals surface area contributed by atoms with Gasteiger partial charge in [-0.2, -0.15) is 0 Å². The van der Waals surface area contributed by atoms with Crippen molar-refractivity contribution in [1.82, 2.24) is 9.80 Å². The predicted octanol–water partition coefficient (Wildman–Crippen LogP) is 3.17. The lowest BCUT2D eigenvalue weighted by Crippen LogP contribution is -2.51. The Hall–Kier alpha value is -1.39. The van der Waals surface area contributed by atoms with Gasteiger partial charge in [-0.25, -0.2) is 0 Å². The molecule has 2 atom stereocenters. The molecule has 4 rings (SSSR count). The van der Waals surface area contributed by atoms with E-state index in [4.69, 9.17) is 4.74 Å². The number of carbonyl (C=O) groups excluding carboxylic acids is 1. The summed E-state index contributed by atoms with van der Waals surface area (Å²) in [7, 11) is 0. The van der Waals surface area contributed by atoms with Crippen LogP contribution in [-0.2, 0) is 16.0 Å². The van der Waals surface area contributed by atoms with Crippen LogP contribution in [0.1, 0.15) is 55.8 Å². The number of likely N-dealkylation sites (tertiary alicyclic amines) is 2. The summed E-state index contributed by atoms with van der Waals surface area (Å²) in [4.78, 5) is 17.7. The van der Waals surface area contributed by atoms with Crippen molar-refractivity contribution in [2.45, 2.75) is 57.1 Å². The molecule has 0 aromatic heterocycles. The summed E-state index contributed by atoms with van der Waals surface area (Å²) < 4.78 is 5.95. The van der Waals surface area contributed by atoms with Gasteiger partial charge in [-0.3, -0.25) is 9.69 Å². The first-order valence-electron chi connectivity index (χ1n) is 10.0. The first-order valence-corrected chi connectivity index (χ1v) is 10.0. The molecule has 0 unspecified atom stereocenters. The number of hydrogen-bond acceptors (Lipinski definition) is 3. The van der Waals surface area contributed by atoms with Crippen molar-refractivity contribution in [3.8, 4) is 0 Å². The van der Waals surface area contributed by atoms with Gasteiger partial charge in [-0.15, -0.1) is 0 Å². The maximum absolute atomic E-state index is 12.9. The van der Waals surface area contributed by atoms with Gasteiger partial charge >= 0.3 is 0 Å². The molecule has 0 N–H and O–H groups in total. The highest BCUT2D eigenvalue weighted by Crippen LogP contribution is 2.30. The van der Waals surface area contributed by atoms with Crippen molar-refractivity contribution in [1.29, 1.82) is 0 Å². The van der Waals surface area contributed by atoms with E-state index in [2.05, 4.69) is 34.1 Å². The first-order chi connectivity index (χ1) is 12.3. The van der Waals surface area contributed by atoms with Crippen LogP contribution >= 0.6 is 0 Å². The fraction of sp³-hybridized carbons (Fsp3) is 0.667. The maximum atomic E-state index is 12.9. The van der Waals surface area contributed by atoms with Gasteiger partial charge in [0.05, 0.1) is 19.1 Å². The molecule has 0 bridgehead atoms. The average molecular weight is 342 g/mol. The molecule has 1 amide bonds. The molecule has 25 heavy (non-hydrogen) atoms. The van der Waals surface area contributed by atoms with Crippen LogP contribution in [0.15, 0.2) is 24.3 Å². The molecule has 0 spiro atoms. The van der Waals surface area contributed by atoms with Crippen LogP contribution in [0.25, 0.3) is 0 Å². The molecule has 0 aliphatic carbocycles. The third-order valence-electron chi connectivity index (χ3n) is 6.11. The minimum Gasteiger partial charge on any atom is -0.373 e. The Morgan fingerprint density at radius 2 is 1.92 bits per heavy atom. The largest absolute Gasteiger partial charge is 0.373 e. The van der Waals surface area contributed by atoms with Crippen molar-refractivity contribution in [2.24, 2.45) is 0 Å². The normalized spacial score (nSPS) is 27.8. The predicted molar refractivity (Wildman–Crippen MR) is 98.5 cm³/mol. The number of amides is 1. The molecule has 1 aromatic rings. The monoisotopic (exact) mass is 342 g/mol. The van der Waals surface area contributed by atoms with E-state index in [1.54, 1.807) is 0 Å². The molecule has 2 fully saturated rings. The van der Waals surface area contributed by atoms with Crippen molar-refractivity contribution in [3.63, 3.8) is 0 Å². The number of rotatable bonds is 3. The number of ether oxygens (including phenoxy) is 1. The van der Waals surface area contributed by atoms with Crippen LogP contribution in [0.4, 0.5) is 0 Å². The Labute approximate surface area is 151 Å². The van der Waals surface area contributed by atoms with Crippen LogP contribution < -0.4 is 0 Å². The number of hydrogen-bond donors (Lipinski definition) is 0. The summed E-state index contributed by atoms with van der Waals surface area (Å²) in [6.07, 6.45) is 7.76. The number of nitrogens with zero attached hydrogens (tertiary/aromatic N) is 2. The van der Waals surface area contributed by atoms with Gasteiger partial charge in [0, 0.05) is 19.1 Å². The minimum absolute atomic E-state index is 0.0622. The van der Waals surface area contributed by atoms with Crippen molar-refractivity contribution in [2.75, 3.05) is 32.8 Å². The summed E-state index contributed by atoms with van der Waals surface area (Å²) in [5, 5.41) is 0. The molecule has 3 aliphatic heterocycles. The van der Waals surface area contributed by atoms with E-state index < -0.39 is 0 Å². The fourth-order valence-corrected chi connectivity index (χ4v) is 4.70. The average Bonchev–Trinajstić information content (AvgIpc) is 2.69. The van der Waals surface area contributed by atoms with E-state index in [-0.39, 0.29) is 12.0 Å². The Morgan fingerprint density at radius 1 is 1.08 bits per heavy atom. The Balaban J connectivity index is 1.38. The van der Waals surface area contributed by atoms with Crippen LogP contribution in [0, 0.1) is 0 Å². The Bertz CT molecular complexity index is 597. The third kappa shape index (κ3) is 3.90. The molecule has 1 aromatic carbocycles. The molecular weight excluding hydrogens is 312 g/mol. The second kappa shape index (κ2) is 7.88. The molecule has 4 nitrogen and oxygen atoms in total. The van der Waals surface area contributed by atoms with Gasteiger partial charge in [-0.1, -0.05) is 30.7 Å². The maximum Gasteiger partial charge on any atom is 0.225 e. The molecule has 3 aliphatic rings. The molecule has 136 valence electrons. The second-order valence-electron chi connectivity index (χ2n) is 7.74. The molecule has 2 saturated heterocycles. The topological polar surface area (TPSA) is 32.8 Å². The van der Waals surface area contributed by atoms with Gasteiger partial charge in [-0.05, 0) is 56.3 Å². The summed E-state index contributed by atoms with van der Waals surface area (Å²) >= 11 is 0. The van der Waals surface area contributed by atoms with Crippen LogP contribution in [0.2, 0.25) is 0 Å². The lowest BCUT2D eigenvalue weighted by Gasteiger charge is -2.41. The van der Waals surface area contributed by atoms with Gasteiger partial charge in [0.1, 0.15) is 0 Å². The number of fused-ring (bicyclic) bond motifs is 1. The minimum atomic E-state index is -0.0622. The van der Waals surface area contributed by atoms with Gasteiger partial charge in [0.15, 0.2) is 0 Å². The van der Waals surface area contributed by atoms with E-state index in [1.807, 2.05) is 0 Å². The number of carbonyl (C=O) groups is 1. The van der Waals surface area contributed by atoms with Gasteiger partial charge in [0.25, 0.3) is 0 Å². The van der Waals surface area contributed by atoms with Crippen molar-refractivity contribution in [3.05, 3.63) is 35.4 Å². The lowest BCUT2D eigenvalue weighted by molar-refractivity contribution is -0.137.